The van der Waals surface area contributed by atoms with Gasteiger partial charge in [0.1, 0.15) is 0 Å². The van der Waals surface area contributed by atoms with Crippen LogP contribution in [-0.2, 0) is 9.53 Å². The Balaban J connectivity index is 0.000000921. The third-order valence-corrected chi connectivity index (χ3v) is 2.42. The Morgan fingerprint density at radius 2 is 1.87 bits per heavy atom. The Kier molecular flexibility index (Phi) is 6.48. The van der Waals surface area contributed by atoms with Gasteiger partial charge in [-0.05, 0) is 14.0 Å². The van der Waals surface area contributed by atoms with E-state index in [0.29, 0.717) is 13.1 Å². The standard InChI is InChI=1S/C9H16FNO2.C2H6/c1-3-13-8(12)9(10)4-6-11(2)7-5-9;1-2/h3-7H2,1-2H3;1-2H3. The molecule has 4 heteroatoms. The minimum absolute atomic E-state index is 0.250. The maximum absolute atomic E-state index is 13.8. The van der Waals surface area contributed by atoms with Gasteiger partial charge in [-0.1, -0.05) is 13.8 Å². The molecule has 0 aliphatic carbocycles. The number of hydrogen-bond acceptors (Lipinski definition) is 3. The number of rotatable bonds is 2. The van der Waals surface area contributed by atoms with Gasteiger partial charge in [0.05, 0.1) is 6.61 Å². The lowest BCUT2D eigenvalue weighted by atomic mass is 9.94. The molecule has 0 bridgehead atoms. The van der Waals surface area contributed by atoms with Crippen LogP contribution >= 0.6 is 0 Å². The van der Waals surface area contributed by atoms with Crippen LogP contribution in [0.4, 0.5) is 4.39 Å². The summed E-state index contributed by atoms with van der Waals surface area (Å²) in [5, 5.41) is 0. The van der Waals surface area contributed by atoms with Gasteiger partial charge in [-0.3, -0.25) is 0 Å². The van der Waals surface area contributed by atoms with Crippen molar-refractivity contribution >= 4 is 5.97 Å². The monoisotopic (exact) mass is 219 g/mol. The third kappa shape index (κ3) is 4.16. The van der Waals surface area contributed by atoms with Gasteiger partial charge >= 0.3 is 5.97 Å². The summed E-state index contributed by atoms with van der Waals surface area (Å²) < 4.78 is 18.5. The predicted molar refractivity (Wildman–Crippen MR) is 58.6 cm³/mol. The molecule has 3 nitrogen and oxygen atoms in total. The minimum atomic E-state index is -1.73. The van der Waals surface area contributed by atoms with E-state index in [2.05, 4.69) is 4.74 Å². The van der Waals surface area contributed by atoms with Gasteiger partial charge < -0.3 is 9.64 Å². The second-order valence-corrected chi connectivity index (χ2v) is 3.49. The Hall–Kier alpha value is -0.640. The van der Waals surface area contributed by atoms with Crippen molar-refractivity contribution in [2.75, 3.05) is 26.7 Å². The summed E-state index contributed by atoms with van der Waals surface area (Å²) in [5.41, 5.74) is -1.73. The molecule has 0 radical (unpaired) electrons. The first kappa shape index (κ1) is 14.4. The van der Waals surface area contributed by atoms with E-state index >= 15 is 0 Å². The molecule has 0 unspecified atom stereocenters. The van der Waals surface area contributed by atoms with E-state index in [4.69, 9.17) is 0 Å². The van der Waals surface area contributed by atoms with E-state index in [1.165, 1.54) is 0 Å². The predicted octanol–water partition coefficient (Wildman–Crippen LogP) is 2.01. The van der Waals surface area contributed by atoms with Crippen LogP contribution in [0.5, 0.6) is 0 Å². The van der Waals surface area contributed by atoms with Crippen molar-refractivity contribution in [3.63, 3.8) is 0 Å². The molecule has 0 spiro atoms. The SMILES string of the molecule is CC.CCOC(=O)C1(F)CCN(C)CC1. The van der Waals surface area contributed by atoms with E-state index in [0.717, 1.165) is 0 Å². The fourth-order valence-electron chi connectivity index (χ4n) is 1.44. The average Bonchev–Trinajstić information content (AvgIpc) is 2.26. The van der Waals surface area contributed by atoms with Crippen molar-refractivity contribution < 1.29 is 13.9 Å². The first-order valence-corrected chi connectivity index (χ1v) is 5.63. The zero-order valence-corrected chi connectivity index (χ0v) is 10.2. The van der Waals surface area contributed by atoms with Gasteiger partial charge in [0.25, 0.3) is 0 Å². The molecule has 0 N–H and O–H groups in total. The second-order valence-electron chi connectivity index (χ2n) is 3.49. The quantitative estimate of drug-likeness (QED) is 0.665. The average molecular weight is 219 g/mol. The Morgan fingerprint density at radius 3 is 2.27 bits per heavy atom. The number of piperidine rings is 1. The van der Waals surface area contributed by atoms with Gasteiger partial charge in [0.2, 0.25) is 5.67 Å². The Morgan fingerprint density at radius 1 is 1.40 bits per heavy atom. The van der Waals surface area contributed by atoms with Crippen LogP contribution in [0.1, 0.15) is 33.6 Å². The molecule has 1 saturated heterocycles. The van der Waals surface area contributed by atoms with E-state index in [1.807, 2.05) is 25.8 Å². The molecule has 1 fully saturated rings. The highest BCUT2D eigenvalue weighted by atomic mass is 19.1. The summed E-state index contributed by atoms with van der Waals surface area (Å²) in [6.07, 6.45) is 0.505. The van der Waals surface area contributed by atoms with Gasteiger partial charge in [-0.15, -0.1) is 0 Å². The number of esters is 1. The Labute approximate surface area is 91.6 Å². The number of nitrogens with zero attached hydrogens (tertiary/aromatic N) is 1. The van der Waals surface area contributed by atoms with Crippen molar-refractivity contribution in [2.24, 2.45) is 0 Å². The Bertz CT molecular complexity index is 189. The van der Waals surface area contributed by atoms with E-state index < -0.39 is 11.6 Å². The summed E-state index contributed by atoms with van der Waals surface area (Å²) in [6.45, 7) is 7.18. The number of alkyl halides is 1. The summed E-state index contributed by atoms with van der Waals surface area (Å²) in [4.78, 5) is 13.2. The minimum Gasteiger partial charge on any atom is -0.464 e. The summed E-state index contributed by atoms with van der Waals surface area (Å²) in [6, 6.07) is 0. The van der Waals surface area contributed by atoms with Crippen LogP contribution in [0, 0.1) is 0 Å². The molecule has 0 saturated carbocycles. The van der Waals surface area contributed by atoms with Crippen LogP contribution < -0.4 is 0 Å². The highest BCUT2D eigenvalue weighted by Crippen LogP contribution is 2.27. The van der Waals surface area contributed by atoms with Gasteiger partial charge in [0, 0.05) is 25.9 Å². The van der Waals surface area contributed by atoms with E-state index in [1.54, 1.807) is 6.92 Å². The maximum atomic E-state index is 13.8. The highest BCUT2D eigenvalue weighted by molar-refractivity contribution is 5.79. The fraction of sp³-hybridized carbons (Fsp3) is 0.909. The lowest BCUT2D eigenvalue weighted by molar-refractivity contribution is -0.160. The molecule has 90 valence electrons. The second kappa shape index (κ2) is 6.77. The zero-order chi connectivity index (χ0) is 11.9. The smallest absolute Gasteiger partial charge is 0.343 e. The molecule has 0 aromatic carbocycles. The highest BCUT2D eigenvalue weighted by Gasteiger charge is 2.42. The topological polar surface area (TPSA) is 29.5 Å². The number of hydrogen-bond donors (Lipinski definition) is 0. The van der Waals surface area contributed by atoms with Crippen LogP contribution in [-0.4, -0.2) is 43.3 Å². The fourth-order valence-corrected chi connectivity index (χ4v) is 1.44. The summed E-state index contributed by atoms with van der Waals surface area (Å²) in [7, 11) is 1.92. The first-order valence-electron chi connectivity index (χ1n) is 5.63. The number of carbonyl (C=O) groups excluding carboxylic acids is 1. The maximum Gasteiger partial charge on any atom is 0.343 e. The molecule has 15 heavy (non-hydrogen) atoms. The van der Waals surface area contributed by atoms with Crippen molar-refractivity contribution in [3.05, 3.63) is 0 Å². The number of ether oxygens (including phenoxy) is 1. The van der Waals surface area contributed by atoms with E-state index in [9.17, 15) is 9.18 Å². The number of likely N-dealkylation sites (tertiary alicyclic amines) is 1. The normalized spacial score (nSPS) is 20.1. The van der Waals surface area contributed by atoms with Crippen molar-refractivity contribution in [1.82, 2.24) is 4.90 Å². The number of carbonyl (C=O) groups is 1. The lowest BCUT2D eigenvalue weighted by Gasteiger charge is -2.32. The van der Waals surface area contributed by atoms with Crippen molar-refractivity contribution in [2.45, 2.75) is 39.3 Å². The molecule has 1 rings (SSSR count). The van der Waals surface area contributed by atoms with Crippen LogP contribution in [0.2, 0.25) is 0 Å². The molecule has 0 amide bonds. The summed E-state index contributed by atoms with van der Waals surface area (Å²) in [5.74, 6) is -0.692. The van der Waals surface area contributed by atoms with Gasteiger partial charge in [-0.2, -0.15) is 0 Å². The number of halogens is 1. The van der Waals surface area contributed by atoms with Crippen LogP contribution in [0.15, 0.2) is 0 Å². The lowest BCUT2D eigenvalue weighted by Crippen LogP contribution is -2.45. The molecule has 0 aromatic heterocycles. The largest absolute Gasteiger partial charge is 0.464 e. The van der Waals surface area contributed by atoms with Crippen LogP contribution in [0.25, 0.3) is 0 Å². The first-order chi connectivity index (χ1) is 7.08. The molecule has 1 aliphatic heterocycles. The summed E-state index contributed by atoms with van der Waals surface area (Å²) >= 11 is 0. The van der Waals surface area contributed by atoms with Crippen molar-refractivity contribution in [3.8, 4) is 0 Å². The van der Waals surface area contributed by atoms with Crippen molar-refractivity contribution in [1.29, 1.82) is 0 Å². The van der Waals surface area contributed by atoms with Gasteiger partial charge in [-0.25, -0.2) is 9.18 Å². The molecule has 0 atom stereocenters. The zero-order valence-electron chi connectivity index (χ0n) is 10.2. The van der Waals surface area contributed by atoms with E-state index in [-0.39, 0.29) is 19.4 Å². The van der Waals surface area contributed by atoms with Crippen LogP contribution in [0.3, 0.4) is 0 Å². The molecule has 0 aromatic rings. The molecule has 1 aliphatic rings. The molecule has 1 heterocycles. The third-order valence-electron chi connectivity index (χ3n) is 2.42. The van der Waals surface area contributed by atoms with Gasteiger partial charge in [0.15, 0.2) is 0 Å². The molecular weight excluding hydrogens is 197 g/mol. The molecular formula is C11H22FNO2.